The van der Waals surface area contributed by atoms with Gasteiger partial charge in [0.25, 0.3) is 5.56 Å². The Balaban J connectivity index is 2.22. The van der Waals surface area contributed by atoms with Crippen LogP contribution in [-0.4, -0.2) is 10.4 Å². The van der Waals surface area contributed by atoms with Gasteiger partial charge in [0, 0.05) is 12.3 Å². The van der Waals surface area contributed by atoms with Gasteiger partial charge >= 0.3 is 0 Å². The van der Waals surface area contributed by atoms with Crippen molar-refractivity contribution in [2.24, 2.45) is 0 Å². The molecule has 0 aliphatic rings. The normalized spacial score (nSPS) is 10.3. The first-order valence-electron chi connectivity index (χ1n) is 4.90. The van der Waals surface area contributed by atoms with Gasteiger partial charge in [-0.25, -0.2) is 0 Å². The van der Waals surface area contributed by atoms with Crippen LogP contribution in [-0.2, 0) is 6.54 Å². The molecule has 0 bridgehead atoms. The summed E-state index contributed by atoms with van der Waals surface area (Å²) < 4.78 is 6.33. The van der Waals surface area contributed by atoms with E-state index in [1.165, 1.54) is 16.9 Å². The van der Waals surface area contributed by atoms with Crippen LogP contribution in [0.3, 0.4) is 0 Å². The molecular formula is C12H11NO3. The van der Waals surface area contributed by atoms with Gasteiger partial charge in [0.1, 0.15) is 0 Å². The van der Waals surface area contributed by atoms with E-state index in [1.54, 1.807) is 24.4 Å². The zero-order valence-electron chi connectivity index (χ0n) is 8.84. The summed E-state index contributed by atoms with van der Waals surface area (Å²) >= 11 is 0. The molecule has 2 aromatic heterocycles. The lowest BCUT2D eigenvalue weighted by Crippen LogP contribution is -2.23. The number of hydrogen-bond donors (Lipinski definition) is 0. The zero-order valence-corrected chi connectivity index (χ0v) is 8.84. The number of aromatic nitrogens is 1. The number of rotatable bonds is 3. The minimum atomic E-state index is -0.212. The number of carbonyl (C=O) groups excluding carboxylic acids is 1. The summed E-state index contributed by atoms with van der Waals surface area (Å²) in [5.74, 6) is 0.0587. The third-order valence-corrected chi connectivity index (χ3v) is 2.26. The SMILES string of the molecule is Cc1ccn(CC(=O)c2ccco2)c(=O)c1. The Morgan fingerprint density at radius 1 is 1.44 bits per heavy atom. The minimum Gasteiger partial charge on any atom is -0.461 e. The molecule has 0 unspecified atom stereocenters. The number of furan rings is 1. The van der Waals surface area contributed by atoms with Gasteiger partial charge in [0.2, 0.25) is 5.78 Å². The van der Waals surface area contributed by atoms with Crippen LogP contribution in [0, 0.1) is 6.92 Å². The van der Waals surface area contributed by atoms with Crippen LogP contribution in [0.1, 0.15) is 16.1 Å². The Kier molecular flexibility index (Phi) is 2.72. The summed E-state index contributed by atoms with van der Waals surface area (Å²) in [5, 5.41) is 0. The van der Waals surface area contributed by atoms with E-state index in [0.29, 0.717) is 0 Å². The molecule has 2 heterocycles. The highest BCUT2D eigenvalue weighted by molar-refractivity contribution is 5.93. The van der Waals surface area contributed by atoms with Crippen LogP contribution in [0.25, 0.3) is 0 Å². The van der Waals surface area contributed by atoms with E-state index in [0.717, 1.165) is 5.56 Å². The molecule has 0 aliphatic carbocycles. The molecule has 0 radical (unpaired) electrons. The first-order valence-corrected chi connectivity index (χ1v) is 4.90. The highest BCUT2D eigenvalue weighted by Crippen LogP contribution is 2.02. The van der Waals surface area contributed by atoms with Crippen LogP contribution >= 0.6 is 0 Å². The highest BCUT2D eigenvalue weighted by atomic mass is 16.3. The van der Waals surface area contributed by atoms with Gasteiger partial charge in [0.15, 0.2) is 5.76 Å². The third kappa shape index (κ3) is 2.11. The fourth-order valence-electron chi connectivity index (χ4n) is 1.41. The lowest BCUT2D eigenvalue weighted by molar-refractivity contribution is 0.0943. The van der Waals surface area contributed by atoms with E-state index in [4.69, 9.17) is 4.42 Å². The largest absolute Gasteiger partial charge is 0.461 e. The maximum atomic E-state index is 11.7. The number of Topliss-reactive ketones (excluding diaryl/α,β-unsaturated/α-hetero) is 1. The van der Waals surface area contributed by atoms with Gasteiger partial charge < -0.3 is 8.98 Å². The first-order chi connectivity index (χ1) is 7.66. The molecule has 0 atom stereocenters. The molecule has 0 saturated heterocycles. The van der Waals surface area contributed by atoms with Gasteiger partial charge in [-0.3, -0.25) is 9.59 Å². The van der Waals surface area contributed by atoms with E-state index in [9.17, 15) is 9.59 Å². The summed E-state index contributed by atoms with van der Waals surface area (Å²) in [6, 6.07) is 6.51. The average Bonchev–Trinajstić information content (AvgIpc) is 2.75. The molecule has 2 rings (SSSR count). The molecule has 2 aromatic rings. The molecule has 82 valence electrons. The van der Waals surface area contributed by atoms with Gasteiger partial charge in [0.05, 0.1) is 12.8 Å². The van der Waals surface area contributed by atoms with Crippen molar-refractivity contribution in [1.82, 2.24) is 4.57 Å². The van der Waals surface area contributed by atoms with Crippen molar-refractivity contribution in [1.29, 1.82) is 0 Å². The van der Waals surface area contributed by atoms with Gasteiger partial charge in [-0.05, 0) is 30.7 Å². The second kappa shape index (κ2) is 4.18. The Labute approximate surface area is 92.1 Å². The van der Waals surface area contributed by atoms with E-state index < -0.39 is 0 Å². The number of hydrogen-bond acceptors (Lipinski definition) is 3. The molecule has 0 amide bonds. The molecule has 0 fully saturated rings. The van der Waals surface area contributed by atoms with E-state index in [2.05, 4.69) is 0 Å². The fraction of sp³-hybridized carbons (Fsp3) is 0.167. The number of nitrogens with zero attached hydrogens (tertiary/aromatic N) is 1. The molecule has 16 heavy (non-hydrogen) atoms. The third-order valence-electron chi connectivity index (χ3n) is 2.26. The molecular weight excluding hydrogens is 206 g/mol. The summed E-state index contributed by atoms with van der Waals surface area (Å²) in [7, 11) is 0. The van der Waals surface area contributed by atoms with Gasteiger partial charge in [-0.2, -0.15) is 0 Å². The van der Waals surface area contributed by atoms with Crippen LogP contribution in [0.15, 0.2) is 45.9 Å². The van der Waals surface area contributed by atoms with Crippen molar-refractivity contribution in [3.8, 4) is 0 Å². The van der Waals surface area contributed by atoms with Crippen molar-refractivity contribution in [3.05, 3.63) is 58.4 Å². The van der Waals surface area contributed by atoms with Crippen molar-refractivity contribution in [2.75, 3.05) is 0 Å². The predicted molar refractivity (Wildman–Crippen MR) is 58.5 cm³/mol. The number of ketones is 1. The Hall–Kier alpha value is -2.10. The zero-order chi connectivity index (χ0) is 11.5. The van der Waals surface area contributed by atoms with E-state index in [1.807, 2.05) is 6.92 Å². The minimum absolute atomic E-state index is 0.00657. The maximum Gasteiger partial charge on any atom is 0.251 e. The number of pyridine rings is 1. The van der Waals surface area contributed by atoms with Crippen LogP contribution in [0.5, 0.6) is 0 Å². The maximum absolute atomic E-state index is 11.7. The standard InChI is InChI=1S/C12H11NO3/c1-9-4-5-13(12(15)7-9)8-10(14)11-3-2-6-16-11/h2-7H,8H2,1H3. The van der Waals surface area contributed by atoms with Crippen LogP contribution in [0.2, 0.25) is 0 Å². The first kappa shape index (κ1) is 10.4. The van der Waals surface area contributed by atoms with Crippen molar-refractivity contribution < 1.29 is 9.21 Å². The molecule has 4 heteroatoms. The Morgan fingerprint density at radius 2 is 2.25 bits per heavy atom. The predicted octanol–water partition coefficient (Wildman–Crippen LogP) is 1.63. The smallest absolute Gasteiger partial charge is 0.251 e. The van der Waals surface area contributed by atoms with Crippen LogP contribution < -0.4 is 5.56 Å². The van der Waals surface area contributed by atoms with Crippen molar-refractivity contribution >= 4 is 5.78 Å². The second-order valence-corrected chi connectivity index (χ2v) is 3.57. The summed E-state index contributed by atoms with van der Waals surface area (Å²) in [5.41, 5.74) is 0.701. The molecule has 0 N–H and O–H groups in total. The average molecular weight is 217 g/mol. The van der Waals surface area contributed by atoms with Gasteiger partial charge in [-0.1, -0.05) is 0 Å². The quantitative estimate of drug-likeness (QED) is 0.734. The summed E-state index contributed by atoms with van der Waals surface area (Å²) in [6.45, 7) is 1.84. The van der Waals surface area contributed by atoms with Gasteiger partial charge in [-0.15, -0.1) is 0 Å². The van der Waals surface area contributed by atoms with Crippen molar-refractivity contribution in [2.45, 2.75) is 13.5 Å². The molecule has 4 nitrogen and oxygen atoms in total. The summed E-state index contributed by atoms with van der Waals surface area (Å²) in [4.78, 5) is 23.2. The highest BCUT2D eigenvalue weighted by Gasteiger charge is 2.09. The second-order valence-electron chi connectivity index (χ2n) is 3.57. The Bertz CT molecular complexity index is 552. The van der Waals surface area contributed by atoms with E-state index >= 15 is 0 Å². The van der Waals surface area contributed by atoms with Crippen molar-refractivity contribution in [3.63, 3.8) is 0 Å². The molecule has 0 aliphatic heterocycles. The van der Waals surface area contributed by atoms with Crippen LogP contribution in [0.4, 0.5) is 0 Å². The monoisotopic (exact) mass is 217 g/mol. The molecule has 0 aromatic carbocycles. The number of aryl methyl sites for hydroxylation is 1. The fourth-order valence-corrected chi connectivity index (χ4v) is 1.41. The van der Waals surface area contributed by atoms with E-state index in [-0.39, 0.29) is 23.6 Å². The lowest BCUT2D eigenvalue weighted by atomic mass is 10.2. The Morgan fingerprint density at radius 3 is 2.88 bits per heavy atom. The molecule has 0 saturated carbocycles. The lowest BCUT2D eigenvalue weighted by Gasteiger charge is -2.03. The number of carbonyl (C=O) groups is 1. The topological polar surface area (TPSA) is 52.2 Å². The molecule has 0 spiro atoms. The summed E-state index contributed by atoms with van der Waals surface area (Å²) in [6.07, 6.45) is 3.05.